The van der Waals surface area contributed by atoms with Gasteiger partial charge in [-0.25, -0.2) is 10.0 Å². The van der Waals surface area contributed by atoms with Gasteiger partial charge < -0.3 is 4.52 Å². The molecule has 1 aromatic rings. The van der Waals surface area contributed by atoms with Crippen LogP contribution < -0.4 is 10.0 Å². The highest BCUT2D eigenvalue weighted by Gasteiger charge is 2.38. The van der Waals surface area contributed by atoms with Gasteiger partial charge in [-0.3, -0.25) is 14.5 Å². The van der Waals surface area contributed by atoms with Crippen molar-refractivity contribution in [2.24, 2.45) is 0 Å². The van der Waals surface area contributed by atoms with E-state index in [2.05, 4.69) is 0 Å². The van der Waals surface area contributed by atoms with Crippen molar-refractivity contribution in [3.05, 3.63) is 29.3 Å². The first-order valence-electron chi connectivity index (χ1n) is 6.41. The quantitative estimate of drug-likeness (QED) is 0.499. The van der Waals surface area contributed by atoms with Crippen molar-refractivity contribution in [3.8, 4) is 5.75 Å². The van der Waals surface area contributed by atoms with Crippen LogP contribution in [-0.4, -0.2) is 35.5 Å². The third kappa shape index (κ3) is 4.43. The molecule has 1 unspecified atom stereocenters. The minimum absolute atomic E-state index is 0.276. The van der Waals surface area contributed by atoms with Crippen molar-refractivity contribution >= 4 is 25.3 Å². The standard InChI is InChI=1S/C12H16ClN2O5P/c13-10-3-5-11(6-4-10)20-21(18)15(9-12(16)14-17)7-1-2-8-19-21/h3-6,17H,1-2,7-9H2,(H,14,16). The molecular formula is C12H16ClN2O5P. The van der Waals surface area contributed by atoms with E-state index >= 15 is 0 Å². The zero-order chi connectivity index (χ0) is 15.3. The number of nitrogens with one attached hydrogen (secondary N) is 1. The van der Waals surface area contributed by atoms with Crippen molar-refractivity contribution in [1.29, 1.82) is 0 Å². The fourth-order valence-corrected chi connectivity index (χ4v) is 3.75. The lowest BCUT2D eigenvalue weighted by atomic mass is 10.3. The molecule has 0 spiro atoms. The van der Waals surface area contributed by atoms with Gasteiger partial charge in [0.25, 0.3) is 5.91 Å². The van der Waals surface area contributed by atoms with Gasteiger partial charge in [-0.05, 0) is 37.1 Å². The van der Waals surface area contributed by atoms with Crippen molar-refractivity contribution in [1.82, 2.24) is 10.2 Å². The molecule has 7 nitrogen and oxygen atoms in total. The molecule has 21 heavy (non-hydrogen) atoms. The van der Waals surface area contributed by atoms with Crippen LogP contribution in [0.3, 0.4) is 0 Å². The fraction of sp³-hybridized carbons (Fsp3) is 0.417. The normalized spacial score (nSPS) is 23.3. The second-order valence-electron chi connectivity index (χ2n) is 4.48. The van der Waals surface area contributed by atoms with E-state index in [-0.39, 0.29) is 13.2 Å². The maximum atomic E-state index is 12.9. The molecule has 0 radical (unpaired) electrons. The fourth-order valence-electron chi connectivity index (χ4n) is 1.86. The summed E-state index contributed by atoms with van der Waals surface area (Å²) in [4.78, 5) is 11.3. The van der Waals surface area contributed by atoms with Gasteiger partial charge in [-0.15, -0.1) is 0 Å². The lowest BCUT2D eigenvalue weighted by Crippen LogP contribution is -2.35. The Morgan fingerprint density at radius 1 is 1.43 bits per heavy atom. The Morgan fingerprint density at radius 2 is 2.14 bits per heavy atom. The van der Waals surface area contributed by atoms with Crippen molar-refractivity contribution < 1.29 is 23.6 Å². The molecule has 1 fully saturated rings. The van der Waals surface area contributed by atoms with Crippen LogP contribution in [0.2, 0.25) is 5.02 Å². The molecular weight excluding hydrogens is 319 g/mol. The minimum atomic E-state index is -3.65. The molecule has 0 bridgehead atoms. The summed E-state index contributed by atoms with van der Waals surface area (Å²) in [7, 11) is -3.65. The number of carbonyl (C=O) groups excluding carboxylic acids is 1. The average molecular weight is 335 g/mol. The molecule has 1 amide bonds. The number of hydroxylamine groups is 1. The van der Waals surface area contributed by atoms with E-state index in [1.807, 2.05) is 0 Å². The van der Waals surface area contributed by atoms with Gasteiger partial charge in [0.05, 0.1) is 13.2 Å². The topological polar surface area (TPSA) is 88.1 Å². The van der Waals surface area contributed by atoms with E-state index in [1.165, 1.54) is 10.2 Å². The molecule has 1 heterocycles. The first-order valence-corrected chi connectivity index (χ1v) is 8.29. The first-order chi connectivity index (χ1) is 10.0. The van der Waals surface area contributed by atoms with E-state index in [9.17, 15) is 9.36 Å². The van der Waals surface area contributed by atoms with E-state index in [4.69, 9.17) is 25.9 Å². The smallest absolute Gasteiger partial charge is 0.413 e. The molecule has 2 rings (SSSR count). The van der Waals surface area contributed by atoms with Crippen LogP contribution in [-0.2, 0) is 13.9 Å². The molecule has 0 aliphatic carbocycles. The molecule has 0 saturated carbocycles. The van der Waals surface area contributed by atoms with E-state index in [0.29, 0.717) is 30.2 Å². The highest BCUT2D eigenvalue weighted by molar-refractivity contribution is 7.51. The number of benzene rings is 1. The molecule has 1 aliphatic heterocycles. The van der Waals surface area contributed by atoms with Crippen molar-refractivity contribution in [3.63, 3.8) is 0 Å². The molecule has 1 aromatic carbocycles. The van der Waals surface area contributed by atoms with Gasteiger partial charge in [0.2, 0.25) is 0 Å². The summed E-state index contributed by atoms with van der Waals surface area (Å²) in [6, 6.07) is 6.35. The Bertz CT molecular complexity index is 539. The number of rotatable bonds is 4. The number of hydrogen-bond acceptors (Lipinski definition) is 5. The Hall–Kier alpha value is -1.11. The van der Waals surface area contributed by atoms with Crippen LogP contribution in [0.1, 0.15) is 12.8 Å². The van der Waals surface area contributed by atoms with Gasteiger partial charge >= 0.3 is 7.75 Å². The predicted molar refractivity (Wildman–Crippen MR) is 76.4 cm³/mol. The largest absolute Gasteiger partial charge is 0.461 e. The summed E-state index contributed by atoms with van der Waals surface area (Å²) < 4.78 is 25.0. The minimum Gasteiger partial charge on any atom is -0.413 e. The Labute approximate surface area is 127 Å². The summed E-state index contributed by atoms with van der Waals surface area (Å²) in [6.07, 6.45) is 1.43. The van der Waals surface area contributed by atoms with Crippen LogP contribution in [0, 0.1) is 0 Å². The lowest BCUT2D eigenvalue weighted by molar-refractivity contribution is -0.129. The van der Waals surface area contributed by atoms with Gasteiger partial charge in [0, 0.05) is 11.6 Å². The molecule has 116 valence electrons. The second-order valence-corrected chi connectivity index (χ2v) is 6.86. The average Bonchev–Trinajstić information content (AvgIpc) is 2.64. The lowest BCUT2D eigenvalue weighted by Gasteiger charge is -2.27. The van der Waals surface area contributed by atoms with E-state index in [0.717, 1.165) is 0 Å². The monoisotopic (exact) mass is 334 g/mol. The molecule has 2 N–H and O–H groups in total. The number of carbonyl (C=O) groups is 1. The summed E-state index contributed by atoms with van der Waals surface area (Å²) in [5.74, 6) is -0.348. The number of amides is 1. The molecule has 1 saturated heterocycles. The van der Waals surface area contributed by atoms with Crippen LogP contribution in [0.4, 0.5) is 0 Å². The van der Waals surface area contributed by atoms with Crippen LogP contribution in [0.25, 0.3) is 0 Å². The van der Waals surface area contributed by atoms with Crippen LogP contribution >= 0.6 is 19.3 Å². The van der Waals surface area contributed by atoms with Crippen LogP contribution in [0.15, 0.2) is 24.3 Å². The summed E-state index contributed by atoms with van der Waals surface area (Å²) >= 11 is 5.78. The predicted octanol–water partition coefficient (Wildman–Crippen LogP) is 2.44. The van der Waals surface area contributed by atoms with Gasteiger partial charge in [0.1, 0.15) is 5.75 Å². The third-order valence-electron chi connectivity index (χ3n) is 2.90. The SMILES string of the molecule is O=C(CN1CCCCOP1(=O)Oc1ccc(Cl)cc1)NO. The van der Waals surface area contributed by atoms with Crippen molar-refractivity contribution in [2.75, 3.05) is 19.7 Å². The summed E-state index contributed by atoms with van der Waals surface area (Å²) in [5.41, 5.74) is 1.51. The highest BCUT2D eigenvalue weighted by atomic mass is 35.5. The molecule has 1 aliphatic rings. The van der Waals surface area contributed by atoms with Gasteiger partial charge in [-0.1, -0.05) is 11.6 Å². The van der Waals surface area contributed by atoms with Gasteiger partial charge in [-0.2, -0.15) is 4.67 Å². The van der Waals surface area contributed by atoms with E-state index in [1.54, 1.807) is 24.3 Å². The number of halogens is 1. The van der Waals surface area contributed by atoms with Crippen molar-refractivity contribution in [2.45, 2.75) is 12.8 Å². The van der Waals surface area contributed by atoms with Gasteiger partial charge in [0.15, 0.2) is 0 Å². The Balaban J connectivity index is 2.18. The maximum absolute atomic E-state index is 12.9. The van der Waals surface area contributed by atoms with E-state index < -0.39 is 13.7 Å². The first kappa shape index (κ1) is 16.3. The highest BCUT2D eigenvalue weighted by Crippen LogP contribution is 2.53. The second kappa shape index (κ2) is 7.24. The summed E-state index contributed by atoms with van der Waals surface area (Å²) in [6.45, 7) is 0.377. The summed E-state index contributed by atoms with van der Waals surface area (Å²) in [5, 5.41) is 9.14. The molecule has 0 aromatic heterocycles. The molecule has 9 heteroatoms. The number of nitrogens with zero attached hydrogens (tertiary/aromatic N) is 1. The maximum Gasteiger partial charge on any atom is 0.461 e. The third-order valence-corrected chi connectivity index (χ3v) is 5.13. The molecule has 1 atom stereocenters. The zero-order valence-electron chi connectivity index (χ0n) is 11.2. The Kier molecular flexibility index (Phi) is 5.61. The van der Waals surface area contributed by atoms with Crippen LogP contribution in [0.5, 0.6) is 5.75 Å². The zero-order valence-corrected chi connectivity index (χ0v) is 12.8. The Morgan fingerprint density at radius 3 is 2.81 bits per heavy atom. The number of hydrogen-bond donors (Lipinski definition) is 2.